The number of urea groups is 1. The standard InChI is InChI=1S/C26H22FN3O2S/c27-24-8-4-3-7-23(24)25(31)29-21-11-13-22(14-12-21)30(33)26(32)28-16-15-18-9-10-19-5-1-2-6-20(19)17-18/h1-14,17,33H,15-16H2,(H,28,32)(H,29,31). The SMILES string of the molecule is O=C(Nc1ccc(N(S)C(=O)NCCc2ccc3ccccc3c2)cc1)c1ccccc1F. The molecule has 0 atom stereocenters. The second-order valence-corrected chi connectivity index (χ2v) is 7.86. The summed E-state index contributed by atoms with van der Waals surface area (Å²) < 4.78 is 15.0. The first-order chi connectivity index (χ1) is 16.0. The minimum atomic E-state index is -0.589. The van der Waals surface area contributed by atoms with Crippen molar-refractivity contribution >= 4 is 46.9 Å². The molecule has 0 saturated carbocycles. The average molecular weight is 460 g/mol. The zero-order valence-corrected chi connectivity index (χ0v) is 18.6. The molecular weight excluding hydrogens is 437 g/mol. The third kappa shape index (κ3) is 5.51. The first-order valence-corrected chi connectivity index (χ1v) is 10.8. The monoisotopic (exact) mass is 459 g/mol. The smallest absolute Gasteiger partial charge is 0.331 e. The van der Waals surface area contributed by atoms with Crippen molar-refractivity contribution in [2.75, 3.05) is 16.2 Å². The predicted molar refractivity (Wildman–Crippen MR) is 133 cm³/mol. The van der Waals surface area contributed by atoms with E-state index in [9.17, 15) is 14.0 Å². The summed E-state index contributed by atoms with van der Waals surface area (Å²) in [5, 5.41) is 7.83. The van der Waals surface area contributed by atoms with Gasteiger partial charge in [-0.1, -0.05) is 67.4 Å². The van der Waals surface area contributed by atoms with E-state index in [2.05, 4.69) is 53.8 Å². The first-order valence-electron chi connectivity index (χ1n) is 10.4. The Labute approximate surface area is 196 Å². The lowest BCUT2D eigenvalue weighted by molar-refractivity contribution is 0.102. The molecule has 0 spiro atoms. The van der Waals surface area contributed by atoms with Crippen LogP contribution in [0, 0.1) is 5.82 Å². The Morgan fingerprint density at radius 1 is 0.848 bits per heavy atom. The summed E-state index contributed by atoms with van der Waals surface area (Å²) in [7, 11) is 0. The van der Waals surface area contributed by atoms with E-state index in [-0.39, 0.29) is 11.6 Å². The number of rotatable bonds is 6. The van der Waals surface area contributed by atoms with E-state index >= 15 is 0 Å². The molecule has 4 aromatic rings. The van der Waals surface area contributed by atoms with Gasteiger partial charge in [0.05, 0.1) is 11.3 Å². The molecule has 0 aliphatic carbocycles. The van der Waals surface area contributed by atoms with Crippen LogP contribution in [0.2, 0.25) is 0 Å². The zero-order chi connectivity index (χ0) is 23.2. The van der Waals surface area contributed by atoms with Gasteiger partial charge in [0.15, 0.2) is 0 Å². The normalized spacial score (nSPS) is 10.6. The van der Waals surface area contributed by atoms with Gasteiger partial charge in [0.2, 0.25) is 0 Å². The molecule has 0 radical (unpaired) electrons. The fourth-order valence-corrected chi connectivity index (χ4v) is 3.63. The van der Waals surface area contributed by atoms with E-state index in [0.717, 1.165) is 5.56 Å². The van der Waals surface area contributed by atoms with Gasteiger partial charge >= 0.3 is 6.03 Å². The lowest BCUT2D eigenvalue weighted by atomic mass is 10.1. The van der Waals surface area contributed by atoms with Gasteiger partial charge in [-0.05, 0) is 59.2 Å². The highest BCUT2D eigenvalue weighted by atomic mass is 32.1. The van der Waals surface area contributed by atoms with Gasteiger partial charge in [-0.3, -0.25) is 4.79 Å². The van der Waals surface area contributed by atoms with Crippen LogP contribution >= 0.6 is 12.8 Å². The van der Waals surface area contributed by atoms with Crippen molar-refractivity contribution in [3.05, 3.63) is 108 Å². The Kier molecular flexibility index (Phi) is 6.90. The Morgan fingerprint density at radius 2 is 1.55 bits per heavy atom. The number of halogens is 1. The molecule has 2 N–H and O–H groups in total. The number of fused-ring (bicyclic) bond motifs is 1. The molecule has 4 rings (SSSR count). The van der Waals surface area contributed by atoms with Crippen LogP contribution < -0.4 is 14.9 Å². The lowest BCUT2D eigenvalue weighted by Crippen LogP contribution is -2.35. The van der Waals surface area contributed by atoms with Crippen molar-refractivity contribution in [2.45, 2.75) is 6.42 Å². The lowest BCUT2D eigenvalue weighted by Gasteiger charge is -2.17. The minimum Gasteiger partial charge on any atom is -0.337 e. The molecule has 5 nitrogen and oxygen atoms in total. The number of hydrogen-bond acceptors (Lipinski definition) is 3. The molecule has 0 fully saturated rings. The topological polar surface area (TPSA) is 61.4 Å². The van der Waals surface area contributed by atoms with Crippen LogP contribution in [0.15, 0.2) is 91.0 Å². The van der Waals surface area contributed by atoms with Crippen LogP contribution in [0.4, 0.5) is 20.6 Å². The number of benzene rings is 4. The van der Waals surface area contributed by atoms with Gasteiger partial charge in [-0.2, -0.15) is 0 Å². The van der Waals surface area contributed by atoms with Crippen LogP contribution in [-0.4, -0.2) is 18.5 Å². The maximum absolute atomic E-state index is 13.8. The van der Waals surface area contributed by atoms with Crippen molar-refractivity contribution in [2.24, 2.45) is 0 Å². The van der Waals surface area contributed by atoms with Crippen LogP contribution in [0.25, 0.3) is 10.8 Å². The Bertz CT molecular complexity index is 1290. The molecule has 0 unspecified atom stereocenters. The van der Waals surface area contributed by atoms with Gasteiger partial charge in [0, 0.05) is 12.2 Å². The van der Waals surface area contributed by atoms with Crippen molar-refractivity contribution in [1.29, 1.82) is 0 Å². The zero-order valence-electron chi connectivity index (χ0n) is 17.7. The number of carbonyl (C=O) groups is 2. The van der Waals surface area contributed by atoms with Crippen molar-refractivity contribution in [3.63, 3.8) is 0 Å². The van der Waals surface area contributed by atoms with Crippen molar-refractivity contribution in [1.82, 2.24) is 5.32 Å². The quantitative estimate of drug-likeness (QED) is 0.318. The third-order valence-corrected chi connectivity index (χ3v) is 5.60. The summed E-state index contributed by atoms with van der Waals surface area (Å²) in [6, 6.07) is 26.3. The van der Waals surface area contributed by atoms with E-state index in [0.29, 0.717) is 24.3 Å². The summed E-state index contributed by atoms with van der Waals surface area (Å²) in [4.78, 5) is 24.7. The van der Waals surface area contributed by atoms with E-state index < -0.39 is 11.7 Å². The van der Waals surface area contributed by atoms with Gasteiger partial charge in [0.1, 0.15) is 5.82 Å². The summed E-state index contributed by atoms with van der Waals surface area (Å²) in [5.74, 6) is -1.14. The molecule has 0 heterocycles. The number of carbonyl (C=O) groups excluding carboxylic acids is 2. The van der Waals surface area contributed by atoms with E-state index in [1.54, 1.807) is 30.3 Å². The van der Waals surface area contributed by atoms with E-state index in [1.165, 1.54) is 33.3 Å². The number of thiol groups is 1. The van der Waals surface area contributed by atoms with E-state index in [4.69, 9.17) is 0 Å². The number of amides is 3. The number of nitrogens with one attached hydrogen (secondary N) is 2. The third-order valence-electron chi connectivity index (χ3n) is 5.18. The molecule has 0 saturated heterocycles. The maximum atomic E-state index is 13.8. The predicted octanol–water partition coefficient (Wildman–Crippen LogP) is 5.83. The second-order valence-electron chi connectivity index (χ2n) is 7.46. The van der Waals surface area contributed by atoms with Gasteiger partial charge < -0.3 is 10.6 Å². The van der Waals surface area contributed by atoms with Gasteiger partial charge in [0.25, 0.3) is 5.91 Å². The van der Waals surface area contributed by atoms with Crippen molar-refractivity contribution in [3.8, 4) is 0 Å². The Hall–Kier alpha value is -3.84. The largest absolute Gasteiger partial charge is 0.337 e. The van der Waals surface area contributed by atoms with E-state index in [1.807, 2.05) is 12.1 Å². The first kappa shape index (κ1) is 22.4. The summed E-state index contributed by atoms with van der Waals surface area (Å²) in [5.41, 5.74) is 2.11. The Balaban J connectivity index is 1.30. The van der Waals surface area contributed by atoms with Crippen LogP contribution in [-0.2, 0) is 6.42 Å². The van der Waals surface area contributed by atoms with Crippen molar-refractivity contribution < 1.29 is 14.0 Å². The molecule has 0 bridgehead atoms. The van der Waals surface area contributed by atoms with Crippen LogP contribution in [0.1, 0.15) is 15.9 Å². The fourth-order valence-electron chi connectivity index (χ4n) is 3.43. The molecule has 7 heteroatoms. The second kappa shape index (κ2) is 10.2. The highest BCUT2D eigenvalue weighted by Crippen LogP contribution is 2.21. The molecular formula is C26H22FN3O2S. The highest BCUT2D eigenvalue weighted by Gasteiger charge is 2.13. The van der Waals surface area contributed by atoms with Crippen LogP contribution in [0.5, 0.6) is 0 Å². The molecule has 33 heavy (non-hydrogen) atoms. The average Bonchev–Trinajstić information content (AvgIpc) is 2.84. The molecule has 166 valence electrons. The van der Waals surface area contributed by atoms with Crippen LogP contribution in [0.3, 0.4) is 0 Å². The number of hydrogen-bond donors (Lipinski definition) is 3. The molecule has 3 amide bonds. The Morgan fingerprint density at radius 3 is 2.30 bits per heavy atom. The number of anilines is 2. The molecule has 0 aromatic heterocycles. The fraction of sp³-hybridized carbons (Fsp3) is 0.0769. The summed E-state index contributed by atoms with van der Waals surface area (Å²) in [6.07, 6.45) is 0.694. The van der Waals surface area contributed by atoms with Gasteiger partial charge in [-0.25, -0.2) is 13.5 Å². The van der Waals surface area contributed by atoms with Gasteiger partial charge in [-0.15, -0.1) is 0 Å². The minimum absolute atomic E-state index is 0.0387. The number of nitrogens with zero attached hydrogens (tertiary/aromatic N) is 1. The maximum Gasteiger partial charge on any atom is 0.331 e. The molecule has 4 aromatic carbocycles. The molecule has 0 aliphatic heterocycles. The summed E-state index contributed by atoms with van der Waals surface area (Å²) >= 11 is 4.28. The highest BCUT2D eigenvalue weighted by molar-refractivity contribution is 7.82. The molecule has 0 aliphatic rings. The summed E-state index contributed by atoms with van der Waals surface area (Å²) in [6.45, 7) is 0.463.